The van der Waals surface area contributed by atoms with Gasteiger partial charge in [-0.1, -0.05) is 18.2 Å². The molecule has 0 aliphatic carbocycles. The van der Waals surface area contributed by atoms with Gasteiger partial charge in [-0.25, -0.2) is 4.79 Å². The Morgan fingerprint density at radius 2 is 1.90 bits per heavy atom. The van der Waals surface area contributed by atoms with Crippen molar-refractivity contribution in [3.8, 4) is 5.75 Å². The number of fused-ring (bicyclic) bond motifs is 1. The molecule has 0 unspecified atom stereocenters. The fraction of sp³-hybridized carbons (Fsp3) is 0.300. The fourth-order valence-corrected chi connectivity index (χ4v) is 4.60. The molecule has 2 aliphatic heterocycles. The lowest BCUT2D eigenvalue weighted by molar-refractivity contribution is 0.158. The molecular formula is C20H23N5O4S. The minimum absolute atomic E-state index is 0.174. The standard InChI is InChI=1S/C20H23N5O4S/c1-29-16-6-4-5-15(13-16)21-20(26)25-11-9-24(10-12-25)14-19-22-17-7-2-3-8-18(17)30(27,28)23-19/h2-8,13H,9-12,14H2,1H3,(H,21,26)(H,22,23). The Labute approximate surface area is 175 Å². The molecule has 0 aromatic heterocycles. The highest BCUT2D eigenvalue weighted by molar-refractivity contribution is 7.90. The van der Waals surface area contributed by atoms with Crippen molar-refractivity contribution < 1.29 is 17.9 Å². The molecule has 2 aromatic rings. The number of carbonyl (C=O) groups excluding carboxylic acids is 1. The second kappa shape index (κ2) is 8.33. The van der Waals surface area contributed by atoms with Crippen molar-refractivity contribution in [3.05, 3.63) is 48.5 Å². The van der Waals surface area contributed by atoms with Crippen LogP contribution in [0.3, 0.4) is 0 Å². The molecule has 9 nitrogen and oxygen atoms in total. The zero-order valence-corrected chi connectivity index (χ0v) is 17.4. The smallest absolute Gasteiger partial charge is 0.321 e. The number of nitrogens with one attached hydrogen (secondary N) is 2. The minimum atomic E-state index is -3.69. The summed E-state index contributed by atoms with van der Waals surface area (Å²) in [6.45, 7) is 2.68. The Bertz CT molecular complexity index is 1080. The lowest BCUT2D eigenvalue weighted by Crippen LogP contribution is -2.51. The number of rotatable bonds is 4. The predicted molar refractivity (Wildman–Crippen MR) is 115 cm³/mol. The maximum absolute atomic E-state index is 12.5. The van der Waals surface area contributed by atoms with E-state index >= 15 is 0 Å². The van der Waals surface area contributed by atoms with Gasteiger partial charge in [-0.2, -0.15) is 8.42 Å². The maximum atomic E-state index is 12.5. The summed E-state index contributed by atoms with van der Waals surface area (Å²) in [5, 5.41) is 5.98. The van der Waals surface area contributed by atoms with Gasteiger partial charge in [0, 0.05) is 37.9 Å². The topological polar surface area (TPSA) is 103 Å². The van der Waals surface area contributed by atoms with E-state index in [4.69, 9.17) is 4.74 Å². The normalized spacial score (nSPS) is 18.0. The van der Waals surface area contributed by atoms with E-state index < -0.39 is 10.0 Å². The fourth-order valence-electron chi connectivity index (χ4n) is 3.46. The number of carbonyl (C=O) groups is 1. The summed E-state index contributed by atoms with van der Waals surface area (Å²) in [6, 6.07) is 13.7. The largest absolute Gasteiger partial charge is 0.497 e. The second-order valence-electron chi connectivity index (χ2n) is 7.06. The molecule has 2 aromatic carbocycles. The summed E-state index contributed by atoms with van der Waals surface area (Å²) >= 11 is 0. The number of benzene rings is 2. The number of amidine groups is 1. The number of anilines is 2. The van der Waals surface area contributed by atoms with E-state index in [1.165, 1.54) is 6.07 Å². The van der Waals surface area contributed by atoms with Crippen LogP contribution in [0.25, 0.3) is 0 Å². The molecular weight excluding hydrogens is 406 g/mol. The molecule has 10 heteroatoms. The van der Waals surface area contributed by atoms with Crippen LogP contribution in [0.4, 0.5) is 16.2 Å². The van der Waals surface area contributed by atoms with Crippen molar-refractivity contribution in [2.45, 2.75) is 4.90 Å². The first-order chi connectivity index (χ1) is 14.4. The average molecular weight is 430 g/mol. The number of hydrogen-bond donors (Lipinski definition) is 2. The Kier molecular flexibility index (Phi) is 5.60. The van der Waals surface area contributed by atoms with E-state index in [-0.39, 0.29) is 10.9 Å². The van der Waals surface area contributed by atoms with Gasteiger partial charge in [0.2, 0.25) is 0 Å². The predicted octanol–water partition coefficient (Wildman–Crippen LogP) is 2.06. The van der Waals surface area contributed by atoms with E-state index in [0.29, 0.717) is 55.7 Å². The molecule has 2 N–H and O–H groups in total. The molecule has 30 heavy (non-hydrogen) atoms. The molecule has 0 saturated carbocycles. The lowest BCUT2D eigenvalue weighted by atomic mass is 10.3. The molecule has 158 valence electrons. The SMILES string of the molecule is COc1cccc(NC(=O)N2CCN(CC3=NS(=O)(=O)c4ccccc4N3)CC2)c1. The number of para-hydroxylation sites is 1. The summed E-state index contributed by atoms with van der Waals surface area (Å²) in [5.41, 5.74) is 1.21. The van der Waals surface area contributed by atoms with Crippen LogP contribution in [0.1, 0.15) is 0 Å². The number of urea groups is 1. The van der Waals surface area contributed by atoms with E-state index in [9.17, 15) is 13.2 Å². The molecule has 0 radical (unpaired) electrons. The molecule has 0 atom stereocenters. The highest BCUT2D eigenvalue weighted by Gasteiger charge is 2.27. The Morgan fingerprint density at radius 1 is 1.13 bits per heavy atom. The number of piperazine rings is 1. The first-order valence-electron chi connectivity index (χ1n) is 9.57. The minimum Gasteiger partial charge on any atom is -0.497 e. The number of amides is 2. The summed E-state index contributed by atoms with van der Waals surface area (Å²) in [4.78, 5) is 16.5. The molecule has 4 rings (SSSR count). The van der Waals surface area contributed by atoms with Gasteiger partial charge >= 0.3 is 6.03 Å². The van der Waals surface area contributed by atoms with Gasteiger partial charge in [0.25, 0.3) is 10.0 Å². The lowest BCUT2D eigenvalue weighted by Gasteiger charge is -2.35. The highest BCUT2D eigenvalue weighted by Crippen LogP contribution is 2.26. The van der Waals surface area contributed by atoms with Gasteiger partial charge < -0.3 is 20.3 Å². The zero-order chi connectivity index (χ0) is 21.1. The van der Waals surface area contributed by atoms with Crippen molar-refractivity contribution in [2.24, 2.45) is 4.40 Å². The van der Waals surface area contributed by atoms with Gasteiger partial charge in [-0.15, -0.1) is 4.40 Å². The number of methoxy groups -OCH3 is 1. The van der Waals surface area contributed by atoms with Crippen LogP contribution in [0, 0.1) is 0 Å². The van der Waals surface area contributed by atoms with E-state index in [0.717, 1.165) is 0 Å². The molecule has 2 amide bonds. The Morgan fingerprint density at radius 3 is 2.67 bits per heavy atom. The summed E-state index contributed by atoms with van der Waals surface area (Å²) in [5.74, 6) is 1.07. The summed E-state index contributed by atoms with van der Waals surface area (Å²) in [6.07, 6.45) is 0. The second-order valence-corrected chi connectivity index (χ2v) is 8.63. The number of ether oxygens (including phenoxy) is 1. The Hall–Kier alpha value is -3.11. The average Bonchev–Trinajstić information content (AvgIpc) is 2.74. The molecule has 0 bridgehead atoms. The van der Waals surface area contributed by atoms with Crippen LogP contribution in [0.2, 0.25) is 0 Å². The van der Waals surface area contributed by atoms with Crippen molar-refractivity contribution >= 4 is 33.3 Å². The van der Waals surface area contributed by atoms with E-state index in [1.807, 2.05) is 18.2 Å². The first kappa shape index (κ1) is 20.2. The Balaban J connectivity index is 1.33. The van der Waals surface area contributed by atoms with Crippen molar-refractivity contribution in [2.75, 3.05) is 50.5 Å². The van der Waals surface area contributed by atoms with Gasteiger partial charge in [0.15, 0.2) is 0 Å². The van der Waals surface area contributed by atoms with Crippen LogP contribution in [0.5, 0.6) is 5.75 Å². The number of sulfonamides is 1. The van der Waals surface area contributed by atoms with Gasteiger partial charge in [0.1, 0.15) is 16.5 Å². The van der Waals surface area contributed by atoms with E-state index in [2.05, 4.69) is 19.9 Å². The molecule has 1 saturated heterocycles. The quantitative estimate of drug-likeness (QED) is 0.771. The van der Waals surface area contributed by atoms with Crippen molar-refractivity contribution in [1.82, 2.24) is 9.80 Å². The molecule has 2 aliphatic rings. The monoisotopic (exact) mass is 429 g/mol. The van der Waals surface area contributed by atoms with E-state index in [1.54, 1.807) is 36.3 Å². The third-order valence-electron chi connectivity index (χ3n) is 5.03. The van der Waals surface area contributed by atoms with Gasteiger partial charge in [0.05, 0.1) is 19.3 Å². The molecule has 2 heterocycles. The van der Waals surface area contributed by atoms with Gasteiger partial charge in [-0.05, 0) is 24.3 Å². The van der Waals surface area contributed by atoms with Crippen LogP contribution in [-0.2, 0) is 10.0 Å². The van der Waals surface area contributed by atoms with Crippen molar-refractivity contribution in [3.63, 3.8) is 0 Å². The van der Waals surface area contributed by atoms with Gasteiger partial charge in [-0.3, -0.25) is 4.90 Å². The first-order valence-corrected chi connectivity index (χ1v) is 11.0. The third-order valence-corrected chi connectivity index (χ3v) is 6.40. The molecule has 0 spiro atoms. The number of hydrogen-bond acceptors (Lipinski definition) is 6. The van der Waals surface area contributed by atoms with Crippen LogP contribution in [-0.4, -0.2) is 69.9 Å². The van der Waals surface area contributed by atoms with Crippen LogP contribution >= 0.6 is 0 Å². The van der Waals surface area contributed by atoms with Crippen LogP contribution in [0.15, 0.2) is 57.8 Å². The van der Waals surface area contributed by atoms with Crippen LogP contribution < -0.4 is 15.4 Å². The van der Waals surface area contributed by atoms with Crippen molar-refractivity contribution in [1.29, 1.82) is 0 Å². The highest BCUT2D eigenvalue weighted by atomic mass is 32.2. The maximum Gasteiger partial charge on any atom is 0.321 e. The summed E-state index contributed by atoms with van der Waals surface area (Å²) in [7, 11) is -2.11. The molecule has 1 fully saturated rings. The number of nitrogens with zero attached hydrogens (tertiary/aromatic N) is 3. The third kappa shape index (κ3) is 4.39. The summed E-state index contributed by atoms with van der Waals surface area (Å²) < 4.78 is 33.8. The zero-order valence-electron chi connectivity index (χ0n) is 16.5.